The van der Waals surface area contributed by atoms with Crippen molar-refractivity contribution >= 4 is 16.6 Å². The fourth-order valence-electron chi connectivity index (χ4n) is 3.69. The Morgan fingerprint density at radius 1 is 1.04 bits per heavy atom. The molecule has 5 nitrogen and oxygen atoms in total. The number of piperazine rings is 1. The minimum Gasteiger partial charge on any atom is -0.497 e. The molecule has 0 spiro atoms. The zero-order chi connectivity index (χ0) is 17.9. The Kier molecular flexibility index (Phi) is 4.82. The van der Waals surface area contributed by atoms with Crippen molar-refractivity contribution in [3.8, 4) is 5.75 Å². The summed E-state index contributed by atoms with van der Waals surface area (Å²) in [6.45, 7) is 4.50. The van der Waals surface area contributed by atoms with Crippen LogP contribution in [0, 0.1) is 0 Å². The van der Waals surface area contributed by atoms with Gasteiger partial charge in [0.2, 0.25) is 0 Å². The lowest BCUT2D eigenvalue weighted by Gasteiger charge is -2.37. The molecule has 3 aromatic rings. The van der Waals surface area contributed by atoms with E-state index in [1.54, 1.807) is 7.11 Å². The minimum absolute atomic E-state index is 0.473. The number of nitrogens with one attached hydrogen (secondary N) is 1. The number of benzene rings is 2. The topological polar surface area (TPSA) is 51.7 Å². The molecule has 1 aromatic heterocycles. The molecule has 1 fully saturated rings. The lowest BCUT2D eigenvalue weighted by Crippen LogP contribution is -2.47. The van der Waals surface area contributed by atoms with Gasteiger partial charge in [-0.1, -0.05) is 18.2 Å². The highest BCUT2D eigenvalue weighted by molar-refractivity contribution is 5.83. The summed E-state index contributed by atoms with van der Waals surface area (Å²) >= 11 is 0. The van der Waals surface area contributed by atoms with Gasteiger partial charge in [0.1, 0.15) is 5.75 Å². The van der Waals surface area contributed by atoms with E-state index in [1.807, 2.05) is 36.5 Å². The molecule has 136 valence electrons. The van der Waals surface area contributed by atoms with Crippen molar-refractivity contribution < 1.29 is 9.84 Å². The summed E-state index contributed by atoms with van der Waals surface area (Å²) in [5.41, 5.74) is 3.28. The lowest BCUT2D eigenvalue weighted by atomic mass is 10.1. The fourth-order valence-corrected chi connectivity index (χ4v) is 3.69. The number of aliphatic hydroxyl groups is 1. The van der Waals surface area contributed by atoms with Crippen LogP contribution in [0.2, 0.25) is 0 Å². The molecule has 2 N–H and O–H groups in total. The lowest BCUT2D eigenvalue weighted by molar-refractivity contribution is 0.110. The van der Waals surface area contributed by atoms with Crippen LogP contribution in [-0.2, 0) is 0 Å². The van der Waals surface area contributed by atoms with Gasteiger partial charge in [0.05, 0.1) is 13.2 Å². The number of aliphatic hydroxyl groups excluding tert-OH is 1. The van der Waals surface area contributed by atoms with E-state index in [9.17, 15) is 5.11 Å². The largest absolute Gasteiger partial charge is 0.497 e. The van der Waals surface area contributed by atoms with Gasteiger partial charge in [-0.15, -0.1) is 0 Å². The highest BCUT2D eigenvalue weighted by Crippen LogP contribution is 2.25. The molecule has 1 aliphatic heterocycles. The van der Waals surface area contributed by atoms with Gasteiger partial charge in [-0.25, -0.2) is 0 Å². The van der Waals surface area contributed by atoms with E-state index in [-0.39, 0.29) is 0 Å². The molecule has 2 aromatic carbocycles. The Hall–Kier alpha value is -2.50. The van der Waals surface area contributed by atoms with Crippen LogP contribution in [0.25, 0.3) is 10.9 Å². The van der Waals surface area contributed by atoms with E-state index in [2.05, 4.69) is 33.0 Å². The van der Waals surface area contributed by atoms with Crippen LogP contribution in [0.15, 0.2) is 54.7 Å². The van der Waals surface area contributed by atoms with E-state index in [0.29, 0.717) is 6.54 Å². The monoisotopic (exact) mass is 351 g/mol. The van der Waals surface area contributed by atoms with E-state index in [4.69, 9.17) is 4.74 Å². The summed E-state index contributed by atoms with van der Waals surface area (Å²) < 4.78 is 5.23. The molecular formula is C21H25N3O2. The normalized spacial score (nSPS) is 16.8. The van der Waals surface area contributed by atoms with Crippen molar-refractivity contribution in [2.45, 2.75) is 6.10 Å². The summed E-state index contributed by atoms with van der Waals surface area (Å²) in [6.07, 6.45) is 1.46. The summed E-state index contributed by atoms with van der Waals surface area (Å²) in [5.74, 6) is 0.884. The number of rotatable bonds is 5. The average molecular weight is 351 g/mol. The standard InChI is InChI=1S/C21H25N3O2/c1-26-17-8-6-16(7-9-17)24-12-10-23(11-13-24)15-21(25)19-14-22-20-5-3-2-4-18(19)20/h2-9,14,21-22,25H,10-13,15H2,1H3/t21-/m1/s1. The van der Waals surface area contributed by atoms with E-state index in [1.165, 1.54) is 5.69 Å². The maximum absolute atomic E-state index is 10.7. The number of H-pyrrole nitrogens is 1. The summed E-state index contributed by atoms with van der Waals surface area (Å²) in [5, 5.41) is 11.8. The molecule has 1 saturated heterocycles. The summed E-state index contributed by atoms with van der Waals surface area (Å²) in [7, 11) is 1.69. The molecule has 26 heavy (non-hydrogen) atoms. The number of hydrogen-bond acceptors (Lipinski definition) is 4. The summed E-state index contributed by atoms with van der Waals surface area (Å²) in [4.78, 5) is 7.97. The number of aromatic nitrogens is 1. The Morgan fingerprint density at radius 2 is 1.77 bits per heavy atom. The SMILES string of the molecule is COc1ccc(N2CCN(C[C@@H](O)c3c[nH]c4ccccc34)CC2)cc1. The second-order valence-corrected chi connectivity index (χ2v) is 6.79. The van der Waals surface area contributed by atoms with Crippen LogP contribution in [0.1, 0.15) is 11.7 Å². The number of ether oxygens (including phenoxy) is 1. The van der Waals surface area contributed by atoms with Crippen molar-refractivity contribution in [1.82, 2.24) is 9.88 Å². The van der Waals surface area contributed by atoms with Crippen LogP contribution < -0.4 is 9.64 Å². The molecule has 0 amide bonds. The molecule has 1 aliphatic rings. The maximum atomic E-state index is 10.7. The van der Waals surface area contributed by atoms with Gasteiger partial charge in [-0.3, -0.25) is 4.90 Å². The van der Waals surface area contributed by atoms with Crippen molar-refractivity contribution in [2.75, 3.05) is 44.7 Å². The van der Waals surface area contributed by atoms with Crippen LogP contribution in [0.3, 0.4) is 0 Å². The third kappa shape index (κ3) is 3.41. The van der Waals surface area contributed by atoms with E-state index in [0.717, 1.165) is 48.4 Å². The van der Waals surface area contributed by atoms with Gasteiger partial charge >= 0.3 is 0 Å². The number of methoxy groups -OCH3 is 1. The number of para-hydroxylation sites is 1. The van der Waals surface area contributed by atoms with Gasteiger partial charge in [0, 0.05) is 61.1 Å². The molecule has 0 bridgehead atoms. The quantitative estimate of drug-likeness (QED) is 0.742. The molecule has 4 rings (SSSR count). The van der Waals surface area contributed by atoms with Gasteiger partial charge in [0.15, 0.2) is 0 Å². The Balaban J connectivity index is 1.36. The number of fused-ring (bicyclic) bond motifs is 1. The third-order valence-electron chi connectivity index (χ3n) is 5.22. The number of nitrogens with zero attached hydrogens (tertiary/aromatic N) is 2. The summed E-state index contributed by atoms with van der Waals surface area (Å²) in [6, 6.07) is 16.3. The van der Waals surface area contributed by atoms with Gasteiger partial charge in [-0.05, 0) is 30.3 Å². The highest BCUT2D eigenvalue weighted by Gasteiger charge is 2.21. The fraction of sp³-hybridized carbons (Fsp3) is 0.333. The highest BCUT2D eigenvalue weighted by atomic mass is 16.5. The molecule has 0 unspecified atom stereocenters. The van der Waals surface area contributed by atoms with Gasteiger partial charge < -0.3 is 19.7 Å². The minimum atomic E-state index is -0.473. The van der Waals surface area contributed by atoms with Crippen LogP contribution in [0.5, 0.6) is 5.75 Å². The molecule has 0 aliphatic carbocycles. The zero-order valence-corrected chi connectivity index (χ0v) is 15.1. The van der Waals surface area contributed by atoms with Crippen molar-refractivity contribution in [3.63, 3.8) is 0 Å². The van der Waals surface area contributed by atoms with Gasteiger partial charge in [0.25, 0.3) is 0 Å². The number of hydrogen-bond donors (Lipinski definition) is 2. The average Bonchev–Trinajstić information content (AvgIpc) is 3.13. The molecule has 2 heterocycles. The van der Waals surface area contributed by atoms with Crippen LogP contribution >= 0.6 is 0 Å². The number of β-amino-alcohol motifs (C(OH)–C–C–N with tert-alkyl or cyclic N) is 1. The Morgan fingerprint density at radius 3 is 2.50 bits per heavy atom. The molecular weight excluding hydrogens is 326 g/mol. The number of anilines is 1. The molecule has 0 saturated carbocycles. The second-order valence-electron chi connectivity index (χ2n) is 6.79. The van der Waals surface area contributed by atoms with Crippen molar-refractivity contribution in [1.29, 1.82) is 0 Å². The van der Waals surface area contributed by atoms with Crippen molar-refractivity contribution in [3.05, 3.63) is 60.3 Å². The second kappa shape index (κ2) is 7.40. The predicted octanol–water partition coefficient (Wildman–Crippen LogP) is 3.03. The van der Waals surface area contributed by atoms with Gasteiger partial charge in [-0.2, -0.15) is 0 Å². The first-order chi connectivity index (χ1) is 12.7. The van der Waals surface area contributed by atoms with Crippen LogP contribution in [0.4, 0.5) is 5.69 Å². The first kappa shape index (κ1) is 16.9. The van der Waals surface area contributed by atoms with Crippen molar-refractivity contribution in [2.24, 2.45) is 0 Å². The molecule has 5 heteroatoms. The number of aromatic amines is 1. The molecule has 1 atom stereocenters. The first-order valence-electron chi connectivity index (χ1n) is 9.10. The van der Waals surface area contributed by atoms with Crippen LogP contribution in [-0.4, -0.2) is 54.8 Å². The first-order valence-corrected chi connectivity index (χ1v) is 9.10. The van der Waals surface area contributed by atoms with E-state index < -0.39 is 6.10 Å². The third-order valence-corrected chi connectivity index (χ3v) is 5.22. The van der Waals surface area contributed by atoms with E-state index >= 15 is 0 Å². The predicted molar refractivity (Wildman–Crippen MR) is 105 cm³/mol. The zero-order valence-electron chi connectivity index (χ0n) is 15.1. The molecule has 0 radical (unpaired) electrons. The maximum Gasteiger partial charge on any atom is 0.119 e. The smallest absolute Gasteiger partial charge is 0.119 e. The Labute approximate surface area is 153 Å². The Bertz CT molecular complexity index is 851.